The van der Waals surface area contributed by atoms with E-state index in [1.54, 1.807) is 50.2 Å². The molecule has 160 valence electrons. The minimum atomic E-state index is -0.337. The summed E-state index contributed by atoms with van der Waals surface area (Å²) in [5.41, 5.74) is 5.82. The summed E-state index contributed by atoms with van der Waals surface area (Å²) in [6.45, 7) is 8.32. The first-order chi connectivity index (χ1) is 14.9. The number of hydrogen-bond donors (Lipinski definition) is 0. The third-order valence-electron chi connectivity index (χ3n) is 4.84. The number of carbonyl (C=O) groups is 2. The van der Waals surface area contributed by atoms with E-state index in [1.165, 1.54) is 0 Å². The fourth-order valence-electron chi connectivity index (χ4n) is 3.32. The molecule has 2 aromatic carbocycles. The number of esters is 2. The highest BCUT2D eigenvalue weighted by molar-refractivity contribution is 5.90. The van der Waals surface area contributed by atoms with Crippen molar-refractivity contribution in [2.24, 2.45) is 4.99 Å². The Bertz CT molecular complexity index is 1090. The van der Waals surface area contributed by atoms with Gasteiger partial charge in [-0.3, -0.25) is 4.99 Å². The monoisotopic (exact) mass is 418 g/mol. The van der Waals surface area contributed by atoms with E-state index < -0.39 is 0 Å². The van der Waals surface area contributed by atoms with Crippen molar-refractivity contribution in [2.75, 3.05) is 13.2 Å². The summed E-state index contributed by atoms with van der Waals surface area (Å²) in [4.78, 5) is 28.2. The maximum Gasteiger partial charge on any atom is 0.338 e. The van der Waals surface area contributed by atoms with Crippen LogP contribution in [0.25, 0.3) is 5.69 Å². The second kappa shape index (κ2) is 9.89. The molecule has 0 spiro atoms. The van der Waals surface area contributed by atoms with Crippen LogP contribution < -0.4 is 0 Å². The molecule has 0 saturated carbocycles. The van der Waals surface area contributed by atoms with Crippen molar-refractivity contribution in [3.8, 4) is 5.69 Å². The number of carbonyl (C=O) groups excluding carboxylic acids is 2. The van der Waals surface area contributed by atoms with Crippen LogP contribution in [0.15, 0.2) is 59.6 Å². The third-order valence-corrected chi connectivity index (χ3v) is 4.84. The van der Waals surface area contributed by atoms with Gasteiger partial charge in [-0.25, -0.2) is 9.59 Å². The quantitative estimate of drug-likeness (QED) is 0.391. The Morgan fingerprint density at radius 2 is 1.39 bits per heavy atom. The summed E-state index contributed by atoms with van der Waals surface area (Å²) in [5.74, 6) is -0.660. The van der Waals surface area contributed by atoms with Gasteiger partial charge in [0, 0.05) is 28.9 Å². The summed E-state index contributed by atoms with van der Waals surface area (Å²) >= 11 is 0. The Balaban J connectivity index is 1.80. The lowest BCUT2D eigenvalue weighted by atomic mass is 10.2. The van der Waals surface area contributed by atoms with Gasteiger partial charge in [-0.05, 0) is 82.3 Å². The van der Waals surface area contributed by atoms with E-state index in [2.05, 4.69) is 15.6 Å². The molecule has 6 nitrogen and oxygen atoms in total. The van der Waals surface area contributed by atoms with Crippen molar-refractivity contribution in [3.05, 3.63) is 82.7 Å². The minimum absolute atomic E-state index is 0.322. The van der Waals surface area contributed by atoms with E-state index >= 15 is 0 Å². The van der Waals surface area contributed by atoms with E-state index in [0.29, 0.717) is 24.3 Å². The van der Waals surface area contributed by atoms with E-state index in [9.17, 15) is 9.59 Å². The van der Waals surface area contributed by atoms with Crippen molar-refractivity contribution >= 4 is 23.8 Å². The first-order valence-corrected chi connectivity index (χ1v) is 10.2. The molecule has 0 aliphatic carbocycles. The lowest BCUT2D eigenvalue weighted by molar-refractivity contribution is 0.0517. The maximum absolute atomic E-state index is 11.9. The highest BCUT2D eigenvalue weighted by Crippen LogP contribution is 2.22. The third kappa shape index (κ3) is 5.09. The second-order valence-corrected chi connectivity index (χ2v) is 6.95. The van der Waals surface area contributed by atoms with Gasteiger partial charge >= 0.3 is 11.9 Å². The Morgan fingerprint density at radius 1 is 0.871 bits per heavy atom. The van der Waals surface area contributed by atoms with Gasteiger partial charge in [-0.2, -0.15) is 0 Å². The molecule has 0 radical (unpaired) electrons. The van der Waals surface area contributed by atoms with Crippen LogP contribution in [0.1, 0.15) is 51.5 Å². The van der Waals surface area contributed by atoms with Crippen molar-refractivity contribution in [2.45, 2.75) is 27.7 Å². The first kappa shape index (κ1) is 22.0. The fraction of sp³-hybridized carbons (Fsp3) is 0.240. The summed E-state index contributed by atoms with van der Waals surface area (Å²) in [6, 6.07) is 16.4. The van der Waals surface area contributed by atoms with Gasteiger partial charge < -0.3 is 14.0 Å². The average molecular weight is 418 g/mol. The molecular weight excluding hydrogens is 392 g/mol. The van der Waals surface area contributed by atoms with Gasteiger partial charge in [0.05, 0.1) is 30.0 Å². The largest absolute Gasteiger partial charge is 0.462 e. The van der Waals surface area contributed by atoms with Gasteiger partial charge in [0.2, 0.25) is 0 Å². The zero-order chi connectivity index (χ0) is 22.4. The molecule has 31 heavy (non-hydrogen) atoms. The van der Waals surface area contributed by atoms with E-state index in [0.717, 1.165) is 28.3 Å². The molecule has 0 bridgehead atoms. The normalized spacial score (nSPS) is 11.0. The zero-order valence-electron chi connectivity index (χ0n) is 18.2. The number of aliphatic imine (C=N–C) groups is 1. The molecule has 1 aromatic heterocycles. The Hall–Kier alpha value is -3.67. The van der Waals surface area contributed by atoms with E-state index in [-0.39, 0.29) is 11.9 Å². The molecule has 0 amide bonds. The lowest BCUT2D eigenvalue weighted by Gasteiger charge is -2.10. The number of nitrogens with zero attached hydrogens (tertiary/aromatic N) is 2. The predicted molar refractivity (Wildman–Crippen MR) is 121 cm³/mol. The number of aryl methyl sites for hydroxylation is 1. The van der Waals surface area contributed by atoms with Crippen LogP contribution in [-0.4, -0.2) is 35.9 Å². The maximum atomic E-state index is 11.9. The number of aromatic nitrogens is 1. The highest BCUT2D eigenvalue weighted by atomic mass is 16.5. The average Bonchev–Trinajstić information content (AvgIpc) is 3.06. The molecule has 3 rings (SSSR count). The Labute approximate surface area is 182 Å². The molecule has 0 atom stereocenters. The number of rotatable bonds is 7. The Morgan fingerprint density at radius 3 is 1.90 bits per heavy atom. The summed E-state index contributed by atoms with van der Waals surface area (Å²) in [7, 11) is 0. The van der Waals surface area contributed by atoms with Crippen molar-refractivity contribution < 1.29 is 19.1 Å². The van der Waals surface area contributed by atoms with E-state index in [1.807, 2.05) is 32.2 Å². The fourth-order valence-corrected chi connectivity index (χ4v) is 3.32. The minimum Gasteiger partial charge on any atom is -0.462 e. The summed E-state index contributed by atoms with van der Waals surface area (Å²) in [5, 5.41) is 0. The number of benzene rings is 2. The van der Waals surface area contributed by atoms with Gasteiger partial charge in [0.15, 0.2) is 0 Å². The molecule has 6 heteroatoms. The Kier molecular flexibility index (Phi) is 7.03. The number of ether oxygens (including phenoxy) is 2. The van der Waals surface area contributed by atoms with Crippen LogP contribution in [0.2, 0.25) is 0 Å². The zero-order valence-corrected chi connectivity index (χ0v) is 18.2. The molecule has 3 aromatic rings. The van der Waals surface area contributed by atoms with E-state index in [4.69, 9.17) is 9.47 Å². The topological polar surface area (TPSA) is 69.9 Å². The van der Waals surface area contributed by atoms with Crippen molar-refractivity contribution in [1.29, 1.82) is 0 Å². The molecule has 0 fully saturated rings. The van der Waals surface area contributed by atoms with Gasteiger partial charge in [-0.15, -0.1) is 0 Å². The molecule has 0 aliphatic rings. The molecular formula is C25H26N2O4. The highest BCUT2D eigenvalue weighted by Gasteiger charge is 2.11. The van der Waals surface area contributed by atoms with Crippen LogP contribution in [-0.2, 0) is 9.47 Å². The first-order valence-electron chi connectivity index (χ1n) is 10.2. The summed E-state index contributed by atoms with van der Waals surface area (Å²) in [6.07, 6.45) is 1.81. The SMILES string of the molecule is CCOC(=O)c1ccc(N=Cc2cc(C)n(-c3ccc(C(=O)OCC)cc3)c2C)cc1. The predicted octanol–water partition coefficient (Wildman–Crippen LogP) is 5.20. The smallest absolute Gasteiger partial charge is 0.338 e. The lowest BCUT2D eigenvalue weighted by Crippen LogP contribution is -2.05. The summed E-state index contributed by atoms with van der Waals surface area (Å²) < 4.78 is 12.2. The van der Waals surface area contributed by atoms with Gasteiger partial charge in [0.1, 0.15) is 0 Å². The van der Waals surface area contributed by atoms with Crippen LogP contribution in [0.4, 0.5) is 5.69 Å². The van der Waals surface area contributed by atoms with Crippen molar-refractivity contribution in [3.63, 3.8) is 0 Å². The van der Waals surface area contributed by atoms with Crippen LogP contribution >= 0.6 is 0 Å². The van der Waals surface area contributed by atoms with Crippen molar-refractivity contribution in [1.82, 2.24) is 4.57 Å². The molecule has 0 N–H and O–H groups in total. The molecule has 1 heterocycles. The second-order valence-electron chi connectivity index (χ2n) is 6.95. The molecule has 0 unspecified atom stereocenters. The van der Waals surface area contributed by atoms with Crippen LogP contribution in [0, 0.1) is 13.8 Å². The van der Waals surface area contributed by atoms with Crippen LogP contribution in [0.5, 0.6) is 0 Å². The van der Waals surface area contributed by atoms with Gasteiger partial charge in [0.25, 0.3) is 0 Å². The van der Waals surface area contributed by atoms with Crippen LogP contribution in [0.3, 0.4) is 0 Å². The molecule has 0 aliphatic heterocycles. The number of hydrogen-bond acceptors (Lipinski definition) is 5. The van der Waals surface area contributed by atoms with Gasteiger partial charge in [-0.1, -0.05) is 0 Å². The molecule has 0 saturated heterocycles. The standard InChI is InChI=1S/C25H26N2O4/c1-5-30-24(28)19-7-11-22(12-8-19)26-16-21-15-17(3)27(18(21)4)23-13-9-20(10-14-23)25(29)31-6-2/h7-16H,5-6H2,1-4H3.